The zero-order valence-corrected chi connectivity index (χ0v) is 23.9. The third-order valence-electron chi connectivity index (χ3n) is 8.48. The van der Waals surface area contributed by atoms with Gasteiger partial charge in [-0.15, -0.1) is 0 Å². The average molecular weight is 552 g/mol. The van der Waals surface area contributed by atoms with Crippen molar-refractivity contribution in [2.75, 3.05) is 58.3 Å². The molecule has 41 heavy (non-hydrogen) atoms. The molecule has 1 aliphatic heterocycles. The number of fused-ring (bicyclic) bond motifs is 3. The second-order valence-corrected chi connectivity index (χ2v) is 11.2. The highest BCUT2D eigenvalue weighted by atomic mass is 19.1. The summed E-state index contributed by atoms with van der Waals surface area (Å²) in [6, 6.07) is 22.5. The van der Waals surface area contributed by atoms with Crippen LogP contribution < -0.4 is 5.32 Å². The van der Waals surface area contributed by atoms with E-state index in [9.17, 15) is 4.39 Å². The van der Waals surface area contributed by atoms with Gasteiger partial charge in [-0.1, -0.05) is 48.5 Å². The molecule has 1 aliphatic carbocycles. The second-order valence-electron chi connectivity index (χ2n) is 11.2. The number of rotatable bonds is 9. The van der Waals surface area contributed by atoms with E-state index < -0.39 is 0 Å². The molecule has 1 fully saturated rings. The topological polar surface area (TPSA) is 53.5 Å². The highest BCUT2D eigenvalue weighted by molar-refractivity contribution is 5.73. The van der Waals surface area contributed by atoms with E-state index in [1.165, 1.54) is 11.1 Å². The molecule has 1 N–H and O–H groups in total. The fraction of sp³-hybridized carbons (Fsp3) is 0.353. The molecule has 2 aliphatic rings. The Hall–Kier alpha value is -3.65. The molecule has 6 nitrogen and oxygen atoms in total. The van der Waals surface area contributed by atoms with Crippen LogP contribution >= 0.6 is 0 Å². The molecule has 1 saturated heterocycles. The highest BCUT2D eigenvalue weighted by Crippen LogP contribution is 2.42. The van der Waals surface area contributed by atoms with Crippen LogP contribution in [-0.2, 0) is 17.6 Å². The number of halogens is 1. The molecule has 0 bridgehead atoms. The van der Waals surface area contributed by atoms with E-state index in [1.54, 1.807) is 20.1 Å². The van der Waals surface area contributed by atoms with Gasteiger partial charge in [0.15, 0.2) is 0 Å². The molecular weight excluding hydrogens is 513 g/mol. The summed E-state index contributed by atoms with van der Waals surface area (Å²) >= 11 is 0. The molecule has 0 amide bonds. The fourth-order valence-electron chi connectivity index (χ4n) is 5.95. The van der Waals surface area contributed by atoms with E-state index in [2.05, 4.69) is 56.5 Å². The third kappa shape index (κ3) is 6.32. The molecule has 3 aromatic carbocycles. The lowest BCUT2D eigenvalue weighted by molar-refractivity contribution is 0.0976. The minimum absolute atomic E-state index is 0.0725. The van der Waals surface area contributed by atoms with Crippen LogP contribution in [0.25, 0.3) is 11.3 Å². The van der Waals surface area contributed by atoms with Crippen LogP contribution in [0.1, 0.15) is 33.7 Å². The van der Waals surface area contributed by atoms with E-state index in [0.717, 1.165) is 86.8 Å². The number of benzene rings is 3. The van der Waals surface area contributed by atoms with Gasteiger partial charge in [-0.25, -0.2) is 14.4 Å². The van der Waals surface area contributed by atoms with Gasteiger partial charge in [0.2, 0.25) is 5.95 Å². The first kappa shape index (κ1) is 27.5. The van der Waals surface area contributed by atoms with E-state index in [-0.39, 0.29) is 11.7 Å². The minimum Gasteiger partial charge on any atom is -0.383 e. The Bertz CT molecular complexity index is 1480. The van der Waals surface area contributed by atoms with Crippen molar-refractivity contribution >= 4 is 11.6 Å². The predicted molar refractivity (Wildman–Crippen MR) is 162 cm³/mol. The lowest BCUT2D eigenvalue weighted by atomic mass is 9.78. The summed E-state index contributed by atoms with van der Waals surface area (Å²) in [6.45, 7) is 9.16. The van der Waals surface area contributed by atoms with Gasteiger partial charge in [-0.05, 0) is 65.8 Å². The lowest BCUT2D eigenvalue weighted by Crippen LogP contribution is -2.47. The van der Waals surface area contributed by atoms with Crippen LogP contribution in [0.5, 0.6) is 0 Å². The number of aromatic nitrogens is 2. The van der Waals surface area contributed by atoms with Crippen molar-refractivity contribution in [3.63, 3.8) is 0 Å². The molecule has 6 rings (SSSR count). The lowest BCUT2D eigenvalue weighted by Gasteiger charge is -2.34. The average Bonchev–Trinajstić information content (AvgIpc) is 3.01. The molecule has 2 heterocycles. The second kappa shape index (κ2) is 12.5. The number of nitrogens with one attached hydrogen (secondary N) is 1. The number of methoxy groups -OCH3 is 1. The maximum Gasteiger partial charge on any atom is 0.227 e. The van der Waals surface area contributed by atoms with Gasteiger partial charge >= 0.3 is 0 Å². The summed E-state index contributed by atoms with van der Waals surface area (Å²) < 4.78 is 19.6. The van der Waals surface area contributed by atoms with Gasteiger partial charge in [-0.3, -0.25) is 4.90 Å². The van der Waals surface area contributed by atoms with E-state index in [1.807, 2.05) is 30.5 Å². The maximum absolute atomic E-state index is 14.4. The van der Waals surface area contributed by atoms with Crippen molar-refractivity contribution in [2.24, 2.45) is 0 Å². The van der Waals surface area contributed by atoms with Crippen LogP contribution in [0.4, 0.5) is 16.0 Å². The summed E-state index contributed by atoms with van der Waals surface area (Å²) in [6.07, 6.45) is 3.70. The van der Waals surface area contributed by atoms with Crippen molar-refractivity contribution in [1.29, 1.82) is 0 Å². The Balaban J connectivity index is 1.10. The summed E-state index contributed by atoms with van der Waals surface area (Å²) in [5, 5.41) is 3.40. The minimum atomic E-state index is -0.163. The fourth-order valence-corrected chi connectivity index (χ4v) is 5.95. The molecule has 1 aromatic heterocycles. The zero-order chi connectivity index (χ0) is 28.2. The first-order valence-corrected chi connectivity index (χ1v) is 14.6. The number of aryl methyl sites for hydroxylation is 1. The molecular formula is C34H38FN5O. The van der Waals surface area contributed by atoms with Crippen molar-refractivity contribution in [1.82, 2.24) is 19.8 Å². The summed E-state index contributed by atoms with van der Waals surface area (Å²) in [5.74, 6) is 0.491. The molecule has 0 saturated carbocycles. The largest absolute Gasteiger partial charge is 0.383 e. The molecule has 4 aromatic rings. The smallest absolute Gasteiger partial charge is 0.227 e. The number of hydrogen-bond donors (Lipinski definition) is 1. The number of nitrogens with zero attached hydrogens (tertiary/aromatic N) is 4. The number of ether oxygens (including phenoxy) is 1. The summed E-state index contributed by atoms with van der Waals surface area (Å²) in [4.78, 5) is 14.6. The van der Waals surface area contributed by atoms with Crippen molar-refractivity contribution in [3.8, 4) is 11.3 Å². The molecule has 0 radical (unpaired) electrons. The standard InChI is InChI=1S/C34H38FN5O/c1-24-7-10-26(22-32(24)35)31-21-27-23-36-34(38-33(27)30-6-4-3-5-29(30)31)37-28-11-8-25(9-12-28)13-14-39-15-17-40(18-16-39)19-20-41-2/h3-12,22-23,31H,13-21H2,1-2H3,(H,36,37,38). The summed E-state index contributed by atoms with van der Waals surface area (Å²) in [5.41, 5.74) is 8.23. The first-order valence-electron chi connectivity index (χ1n) is 14.6. The number of hydrogen-bond acceptors (Lipinski definition) is 6. The zero-order valence-electron chi connectivity index (χ0n) is 23.9. The molecule has 212 valence electrons. The molecule has 1 atom stereocenters. The SMILES string of the molecule is COCCN1CCN(CCc2ccc(Nc3ncc4c(n3)-c3ccccc3C(c3ccc(C)c(F)c3)C4)cc2)CC1. The summed E-state index contributed by atoms with van der Waals surface area (Å²) in [7, 11) is 1.77. The third-order valence-corrected chi connectivity index (χ3v) is 8.48. The van der Waals surface area contributed by atoms with Gasteiger partial charge in [0, 0.05) is 69.7 Å². The van der Waals surface area contributed by atoms with Crippen LogP contribution in [0.15, 0.2) is 72.9 Å². The molecule has 7 heteroatoms. The van der Waals surface area contributed by atoms with Crippen molar-refractivity contribution < 1.29 is 9.13 Å². The van der Waals surface area contributed by atoms with Crippen LogP contribution in [0.2, 0.25) is 0 Å². The van der Waals surface area contributed by atoms with E-state index in [4.69, 9.17) is 9.72 Å². The van der Waals surface area contributed by atoms with Gasteiger partial charge in [-0.2, -0.15) is 0 Å². The quantitative estimate of drug-likeness (QED) is 0.283. The highest BCUT2D eigenvalue weighted by Gasteiger charge is 2.28. The van der Waals surface area contributed by atoms with Crippen molar-refractivity contribution in [3.05, 3.63) is 107 Å². The normalized spacial score (nSPS) is 17.2. The number of anilines is 2. The van der Waals surface area contributed by atoms with Gasteiger partial charge in [0.1, 0.15) is 5.82 Å². The van der Waals surface area contributed by atoms with Gasteiger partial charge in [0.05, 0.1) is 12.3 Å². The van der Waals surface area contributed by atoms with Gasteiger partial charge in [0.25, 0.3) is 0 Å². The molecule has 0 spiro atoms. The monoisotopic (exact) mass is 551 g/mol. The van der Waals surface area contributed by atoms with Crippen LogP contribution in [-0.4, -0.2) is 72.8 Å². The Morgan fingerprint density at radius 2 is 1.71 bits per heavy atom. The Kier molecular flexibility index (Phi) is 8.37. The van der Waals surface area contributed by atoms with Crippen molar-refractivity contribution in [2.45, 2.75) is 25.7 Å². The van der Waals surface area contributed by atoms with Crippen LogP contribution in [0, 0.1) is 12.7 Å². The first-order chi connectivity index (χ1) is 20.1. The predicted octanol–water partition coefficient (Wildman–Crippen LogP) is 5.83. The van der Waals surface area contributed by atoms with E-state index in [0.29, 0.717) is 11.5 Å². The maximum atomic E-state index is 14.4. The Morgan fingerprint density at radius 3 is 2.46 bits per heavy atom. The Morgan fingerprint density at radius 1 is 0.951 bits per heavy atom. The molecule has 1 unspecified atom stereocenters. The Labute approximate surface area is 242 Å². The van der Waals surface area contributed by atoms with Gasteiger partial charge < -0.3 is 15.0 Å². The van der Waals surface area contributed by atoms with Crippen LogP contribution in [0.3, 0.4) is 0 Å². The number of piperazine rings is 1. The van der Waals surface area contributed by atoms with E-state index >= 15 is 0 Å².